The first kappa shape index (κ1) is 20.4. The van der Waals surface area contributed by atoms with Crippen molar-refractivity contribution >= 4 is 47.0 Å². The number of halogens is 1. The molecule has 130 valence electrons. The van der Waals surface area contributed by atoms with Crippen LogP contribution in [-0.2, 0) is 13.1 Å². The lowest BCUT2D eigenvalue weighted by Crippen LogP contribution is -2.36. The Balaban J connectivity index is 0.00000288. The van der Waals surface area contributed by atoms with Gasteiger partial charge in [0.05, 0.1) is 18.0 Å². The minimum Gasteiger partial charge on any atom is -0.357 e. The van der Waals surface area contributed by atoms with E-state index in [1.807, 2.05) is 6.92 Å². The number of nitrogens with one attached hydrogen (secondary N) is 2. The molecule has 0 radical (unpaired) electrons. The highest BCUT2D eigenvalue weighted by molar-refractivity contribution is 14.0. The summed E-state index contributed by atoms with van der Waals surface area (Å²) in [5.74, 6) is 0.735. The number of benzene rings is 1. The Hall–Kier alpha value is -1.68. The molecule has 0 spiro atoms. The van der Waals surface area contributed by atoms with E-state index in [0.717, 1.165) is 24.6 Å². The molecular formula is C16H21IN4O2S. The molecule has 2 rings (SSSR count). The fourth-order valence-corrected chi connectivity index (χ4v) is 2.83. The van der Waals surface area contributed by atoms with Crippen molar-refractivity contribution in [2.24, 2.45) is 4.99 Å². The highest BCUT2D eigenvalue weighted by Gasteiger charge is 2.05. The molecule has 0 saturated carbocycles. The summed E-state index contributed by atoms with van der Waals surface area (Å²) in [5, 5.41) is 19.2. The van der Waals surface area contributed by atoms with Crippen molar-refractivity contribution in [2.75, 3.05) is 6.54 Å². The van der Waals surface area contributed by atoms with Gasteiger partial charge in [-0.15, -0.1) is 35.3 Å². The van der Waals surface area contributed by atoms with E-state index in [2.05, 4.69) is 34.0 Å². The second-order valence-electron chi connectivity index (χ2n) is 5.00. The zero-order valence-electron chi connectivity index (χ0n) is 13.6. The van der Waals surface area contributed by atoms with Crippen molar-refractivity contribution in [1.29, 1.82) is 0 Å². The number of hydrogen-bond acceptors (Lipinski definition) is 4. The third kappa shape index (κ3) is 6.08. The van der Waals surface area contributed by atoms with Gasteiger partial charge in [-0.2, -0.15) is 0 Å². The molecule has 2 N–H and O–H groups in total. The van der Waals surface area contributed by atoms with Gasteiger partial charge < -0.3 is 10.6 Å². The van der Waals surface area contributed by atoms with Crippen molar-refractivity contribution in [1.82, 2.24) is 10.6 Å². The van der Waals surface area contributed by atoms with Gasteiger partial charge in [0.15, 0.2) is 5.96 Å². The number of nitro benzene ring substituents is 1. The highest BCUT2D eigenvalue weighted by atomic mass is 127. The van der Waals surface area contributed by atoms with Gasteiger partial charge in [0.2, 0.25) is 0 Å². The lowest BCUT2D eigenvalue weighted by molar-refractivity contribution is -0.384. The number of thiophene rings is 1. The smallest absolute Gasteiger partial charge is 0.269 e. The maximum Gasteiger partial charge on any atom is 0.269 e. The van der Waals surface area contributed by atoms with Crippen molar-refractivity contribution < 1.29 is 4.92 Å². The monoisotopic (exact) mass is 460 g/mol. The molecule has 0 bridgehead atoms. The van der Waals surface area contributed by atoms with Gasteiger partial charge in [0.1, 0.15) is 0 Å². The maximum absolute atomic E-state index is 10.6. The Morgan fingerprint density at radius 3 is 2.50 bits per heavy atom. The van der Waals surface area contributed by atoms with E-state index in [9.17, 15) is 10.1 Å². The van der Waals surface area contributed by atoms with Crippen molar-refractivity contribution in [2.45, 2.75) is 26.9 Å². The first-order chi connectivity index (χ1) is 11.1. The van der Waals surface area contributed by atoms with Crippen LogP contribution in [-0.4, -0.2) is 17.4 Å². The summed E-state index contributed by atoms with van der Waals surface area (Å²) < 4.78 is 0. The number of aliphatic imine (C=N–C) groups is 1. The van der Waals surface area contributed by atoms with Crippen LogP contribution in [0.25, 0.3) is 0 Å². The summed E-state index contributed by atoms with van der Waals surface area (Å²) in [6, 6.07) is 8.56. The Kier molecular flexibility index (Phi) is 8.69. The van der Waals surface area contributed by atoms with E-state index in [1.54, 1.807) is 23.5 Å². The number of aryl methyl sites for hydroxylation is 1. The first-order valence-electron chi connectivity index (χ1n) is 7.38. The quantitative estimate of drug-likeness (QED) is 0.226. The summed E-state index contributed by atoms with van der Waals surface area (Å²) in [6.45, 7) is 6.08. The van der Waals surface area contributed by atoms with Crippen molar-refractivity contribution in [3.63, 3.8) is 0 Å². The second kappa shape index (κ2) is 10.2. The lowest BCUT2D eigenvalue weighted by atomic mass is 10.2. The SMILES string of the molecule is CCNC(=NCc1ccc([N+](=O)[O-])cc1)NCc1sccc1C.I. The van der Waals surface area contributed by atoms with Gasteiger partial charge in [-0.1, -0.05) is 12.1 Å². The van der Waals surface area contributed by atoms with Crippen LogP contribution >= 0.6 is 35.3 Å². The van der Waals surface area contributed by atoms with Gasteiger partial charge in [0, 0.05) is 23.6 Å². The van der Waals surface area contributed by atoms with E-state index in [-0.39, 0.29) is 29.7 Å². The molecule has 0 atom stereocenters. The zero-order chi connectivity index (χ0) is 16.7. The van der Waals surface area contributed by atoms with E-state index >= 15 is 0 Å². The summed E-state index contributed by atoms with van der Waals surface area (Å²) in [7, 11) is 0. The maximum atomic E-state index is 10.6. The molecule has 0 amide bonds. The third-order valence-corrected chi connectivity index (χ3v) is 4.32. The van der Waals surface area contributed by atoms with Gasteiger partial charge in [-0.25, -0.2) is 4.99 Å². The summed E-state index contributed by atoms with van der Waals surface area (Å²) >= 11 is 1.72. The van der Waals surface area contributed by atoms with Crippen molar-refractivity contribution in [3.05, 3.63) is 61.8 Å². The molecule has 0 unspecified atom stereocenters. The van der Waals surface area contributed by atoms with Gasteiger partial charge in [-0.3, -0.25) is 10.1 Å². The average molecular weight is 460 g/mol. The Morgan fingerprint density at radius 2 is 1.96 bits per heavy atom. The number of guanidine groups is 1. The Bertz CT molecular complexity index is 686. The van der Waals surface area contributed by atoms with E-state index in [4.69, 9.17) is 0 Å². The third-order valence-electron chi connectivity index (χ3n) is 3.30. The molecule has 1 aromatic heterocycles. The number of hydrogen-bond donors (Lipinski definition) is 2. The van der Waals surface area contributed by atoms with Gasteiger partial charge in [-0.05, 0) is 36.4 Å². The van der Waals surface area contributed by atoms with Crippen LogP contribution in [0, 0.1) is 17.0 Å². The molecule has 2 aromatic rings. The second-order valence-corrected chi connectivity index (χ2v) is 6.00. The standard InChI is InChI=1S/C16H20N4O2S.HI/c1-3-17-16(19-11-15-12(2)8-9-23-15)18-10-13-4-6-14(7-5-13)20(21)22;/h4-9H,3,10-11H2,1-2H3,(H2,17,18,19);1H. The molecule has 0 aliphatic rings. The zero-order valence-corrected chi connectivity index (χ0v) is 16.8. The number of rotatable bonds is 6. The van der Waals surface area contributed by atoms with E-state index < -0.39 is 4.92 Å². The Morgan fingerprint density at radius 1 is 1.25 bits per heavy atom. The Labute approximate surface area is 162 Å². The van der Waals surface area contributed by atoms with Crippen molar-refractivity contribution in [3.8, 4) is 0 Å². The molecule has 0 fully saturated rings. The summed E-state index contributed by atoms with van der Waals surface area (Å²) in [5.41, 5.74) is 2.30. The van der Waals surface area contributed by atoms with Gasteiger partial charge in [0.25, 0.3) is 5.69 Å². The number of nitro groups is 1. The van der Waals surface area contributed by atoms with Crippen LogP contribution in [0.3, 0.4) is 0 Å². The molecule has 24 heavy (non-hydrogen) atoms. The van der Waals surface area contributed by atoms with Crippen LogP contribution < -0.4 is 10.6 Å². The average Bonchev–Trinajstić information content (AvgIpc) is 2.95. The molecule has 1 aromatic carbocycles. The molecular weight excluding hydrogens is 439 g/mol. The van der Waals surface area contributed by atoms with Gasteiger partial charge >= 0.3 is 0 Å². The molecule has 0 aliphatic carbocycles. The van der Waals surface area contributed by atoms with E-state index in [0.29, 0.717) is 6.54 Å². The molecule has 1 heterocycles. The molecule has 8 heteroatoms. The van der Waals surface area contributed by atoms with Crippen LogP contribution in [0.15, 0.2) is 40.7 Å². The molecule has 6 nitrogen and oxygen atoms in total. The fourth-order valence-electron chi connectivity index (χ4n) is 1.98. The van der Waals surface area contributed by atoms with Crippen LogP contribution in [0.2, 0.25) is 0 Å². The number of nitrogens with zero attached hydrogens (tertiary/aromatic N) is 2. The normalized spacial score (nSPS) is 10.8. The largest absolute Gasteiger partial charge is 0.357 e. The van der Waals surface area contributed by atoms with Crippen LogP contribution in [0.5, 0.6) is 0 Å². The minimum atomic E-state index is -0.401. The molecule has 0 aliphatic heterocycles. The highest BCUT2D eigenvalue weighted by Crippen LogP contribution is 2.15. The molecule has 0 saturated heterocycles. The lowest BCUT2D eigenvalue weighted by Gasteiger charge is -2.11. The van der Waals surface area contributed by atoms with Crippen LogP contribution in [0.4, 0.5) is 5.69 Å². The minimum absolute atomic E-state index is 0. The van der Waals surface area contributed by atoms with E-state index in [1.165, 1.54) is 22.6 Å². The first-order valence-corrected chi connectivity index (χ1v) is 8.26. The number of non-ortho nitro benzene ring substituents is 1. The predicted molar refractivity (Wildman–Crippen MR) is 109 cm³/mol. The topological polar surface area (TPSA) is 79.6 Å². The summed E-state index contributed by atoms with van der Waals surface area (Å²) in [6.07, 6.45) is 0. The predicted octanol–water partition coefficient (Wildman–Crippen LogP) is 3.84. The van der Waals surface area contributed by atoms with Crippen LogP contribution in [0.1, 0.15) is 22.9 Å². The summed E-state index contributed by atoms with van der Waals surface area (Å²) in [4.78, 5) is 16.0. The fraction of sp³-hybridized carbons (Fsp3) is 0.312.